The summed E-state index contributed by atoms with van der Waals surface area (Å²) in [7, 11) is -2.72. The first-order valence-corrected chi connectivity index (χ1v) is 11.5. The molecule has 4 rings (SSSR count). The van der Waals surface area contributed by atoms with Crippen LogP contribution in [0.3, 0.4) is 0 Å². The molecule has 0 amide bonds. The van der Waals surface area contributed by atoms with Crippen molar-refractivity contribution in [1.29, 1.82) is 0 Å². The molecule has 1 unspecified atom stereocenters. The van der Waals surface area contributed by atoms with E-state index in [1.165, 1.54) is 23.5 Å². The summed E-state index contributed by atoms with van der Waals surface area (Å²) in [4.78, 5) is -0.189. The molecule has 3 aromatic rings. The topological polar surface area (TPSA) is 55.8 Å². The van der Waals surface area contributed by atoms with Crippen LogP contribution in [-0.2, 0) is 34.3 Å². The second kappa shape index (κ2) is 9.18. The van der Waals surface area contributed by atoms with Gasteiger partial charge in [-0.05, 0) is 41.3 Å². The van der Waals surface area contributed by atoms with E-state index >= 15 is 0 Å². The number of sulfonamides is 1. The van der Waals surface area contributed by atoms with Crippen LogP contribution in [0.5, 0.6) is 5.75 Å². The van der Waals surface area contributed by atoms with Crippen molar-refractivity contribution in [3.05, 3.63) is 95.3 Å². The summed E-state index contributed by atoms with van der Waals surface area (Å²) in [5, 5.41) is 0. The SMILES string of the molecule is COc1ccc(F)cc1S(=O)(=O)N1Cc2ccccc2COCC1Cc1ccccc1. The summed E-state index contributed by atoms with van der Waals surface area (Å²) < 4.78 is 54.3. The Hall–Kier alpha value is -2.74. The molecule has 1 aliphatic rings. The largest absolute Gasteiger partial charge is 0.495 e. The highest BCUT2D eigenvalue weighted by Crippen LogP contribution is 2.32. The van der Waals surface area contributed by atoms with Gasteiger partial charge in [0.05, 0.1) is 26.4 Å². The first-order chi connectivity index (χ1) is 15.0. The van der Waals surface area contributed by atoms with Crippen molar-refractivity contribution >= 4 is 10.0 Å². The Balaban J connectivity index is 1.81. The number of rotatable bonds is 5. The number of nitrogens with zero attached hydrogens (tertiary/aromatic N) is 1. The lowest BCUT2D eigenvalue weighted by Gasteiger charge is -2.34. The predicted octanol–water partition coefficient (Wildman–Crippen LogP) is 4.17. The van der Waals surface area contributed by atoms with Crippen molar-refractivity contribution in [2.75, 3.05) is 13.7 Å². The average molecular weight is 442 g/mol. The van der Waals surface area contributed by atoms with Crippen molar-refractivity contribution in [2.45, 2.75) is 30.5 Å². The predicted molar refractivity (Wildman–Crippen MR) is 116 cm³/mol. The number of hydrogen-bond acceptors (Lipinski definition) is 4. The maximum atomic E-state index is 14.0. The normalized spacial score (nSPS) is 17.4. The number of hydrogen-bond donors (Lipinski definition) is 0. The third-order valence-electron chi connectivity index (χ3n) is 5.45. The molecule has 1 heterocycles. The number of benzene rings is 3. The summed E-state index contributed by atoms with van der Waals surface area (Å²) >= 11 is 0. The van der Waals surface area contributed by atoms with Gasteiger partial charge in [-0.25, -0.2) is 12.8 Å². The van der Waals surface area contributed by atoms with Gasteiger partial charge in [-0.1, -0.05) is 54.6 Å². The maximum absolute atomic E-state index is 14.0. The van der Waals surface area contributed by atoms with Crippen molar-refractivity contribution in [2.24, 2.45) is 0 Å². The number of halogens is 1. The monoisotopic (exact) mass is 441 g/mol. The Bertz CT molecular complexity index is 1150. The van der Waals surface area contributed by atoms with E-state index < -0.39 is 21.9 Å². The second-order valence-corrected chi connectivity index (χ2v) is 9.33. The van der Waals surface area contributed by atoms with E-state index in [2.05, 4.69) is 0 Å². The Labute approximate surface area is 182 Å². The molecule has 0 saturated carbocycles. The summed E-state index contributed by atoms with van der Waals surface area (Å²) in [6.07, 6.45) is 0.472. The van der Waals surface area contributed by atoms with Gasteiger partial charge in [0.25, 0.3) is 0 Å². The molecular weight excluding hydrogens is 417 g/mol. The molecule has 3 aromatic carbocycles. The van der Waals surface area contributed by atoms with Gasteiger partial charge in [0, 0.05) is 6.54 Å². The standard InChI is InChI=1S/C24H24FNO4S/c1-29-23-12-11-21(25)14-24(23)31(27,28)26-15-19-9-5-6-10-20(19)16-30-17-22(26)13-18-7-3-2-4-8-18/h2-12,14,22H,13,15-17H2,1H3. The van der Waals surface area contributed by atoms with Crippen LogP contribution in [0.2, 0.25) is 0 Å². The first kappa shape index (κ1) is 21.5. The zero-order valence-corrected chi connectivity index (χ0v) is 18.0. The van der Waals surface area contributed by atoms with Gasteiger partial charge >= 0.3 is 0 Å². The fourth-order valence-electron chi connectivity index (χ4n) is 3.84. The van der Waals surface area contributed by atoms with E-state index in [4.69, 9.17) is 9.47 Å². The third-order valence-corrected chi connectivity index (χ3v) is 7.37. The molecule has 31 heavy (non-hydrogen) atoms. The zero-order valence-electron chi connectivity index (χ0n) is 17.2. The molecule has 1 atom stereocenters. The van der Waals surface area contributed by atoms with Gasteiger partial charge < -0.3 is 9.47 Å². The summed E-state index contributed by atoms with van der Waals surface area (Å²) in [5.41, 5.74) is 2.79. The van der Waals surface area contributed by atoms with E-state index in [0.29, 0.717) is 13.0 Å². The molecule has 0 aromatic heterocycles. The summed E-state index contributed by atoms with van der Waals surface area (Å²) in [5.74, 6) is -0.529. The highest BCUT2D eigenvalue weighted by atomic mass is 32.2. The number of methoxy groups -OCH3 is 1. The van der Waals surface area contributed by atoms with E-state index in [1.54, 1.807) is 0 Å². The van der Waals surface area contributed by atoms with Crippen LogP contribution < -0.4 is 4.74 Å². The lowest BCUT2D eigenvalue weighted by atomic mass is 10.0. The molecule has 0 aliphatic carbocycles. The van der Waals surface area contributed by atoms with Gasteiger partial charge in [0.15, 0.2) is 0 Å². The maximum Gasteiger partial charge on any atom is 0.247 e. The van der Waals surface area contributed by atoms with Crippen LogP contribution in [0.1, 0.15) is 16.7 Å². The first-order valence-electron chi connectivity index (χ1n) is 10.0. The van der Waals surface area contributed by atoms with Crippen LogP contribution >= 0.6 is 0 Å². The minimum atomic E-state index is -4.09. The summed E-state index contributed by atoms with van der Waals surface area (Å²) in [6, 6.07) is 20.4. The average Bonchev–Trinajstić information content (AvgIpc) is 2.76. The minimum absolute atomic E-state index is 0.108. The Morgan fingerprint density at radius 3 is 2.48 bits per heavy atom. The molecule has 0 spiro atoms. The molecule has 0 fully saturated rings. The molecule has 0 N–H and O–H groups in total. The molecule has 1 aliphatic heterocycles. The zero-order chi connectivity index (χ0) is 21.8. The van der Waals surface area contributed by atoms with E-state index in [9.17, 15) is 12.8 Å². The third kappa shape index (κ3) is 4.63. The Morgan fingerprint density at radius 2 is 1.74 bits per heavy atom. The van der Waals surface area contributed by atoms with Gasteiger partial charge in [-0.3, -0.25) is 0 Å². The van der Waals surface area contributed by atoms with Crippen LogP contribution in [0, 0.1) is 5.82 Å². The molecule has 0 radical (unpaired) electrons. The lowest BCUT2D eigenvalue weighted by molar-refractivity contribution is 0.0673. The Kier molecular flexibility index (Phi) is 6.36. The quantitative estimate of drug-likeness (QED) is 0.597. The fourth-order valence-corrected chi connectivity index (χ4v) is 5.60. The van der Waals surface area contributed by atoms with Gasteiger partial charge in [-0.15, -0.1) is 0 Å². The van der Waals surface area contributed by atoms with Crippen LogP contribution in [0.15, 0.2) is 77.7 Å². The molecule has 0 saturated heterocycles. The molecule has 162 valence electrons. The van der Waals surface area contributed by atoms with Crippen molar-refractivity contribution in [3.63, 3.8) is 0 Å². The van der Waals surface area contributed by atoms with Gasteiger partial charge in [-0.2, -0.15) is 4.31 Å². The van der Waals surface area contributed by atoms with Crippen LogP contribution in [-0.4, -0.2) is 32.5 Å². The van der Waals surface area contributed by atoms with Crippen molar-refractivity contribution in [3.8, 4) is 5.75 Å². The fraction of sp³-hybridized carbons (Fsp3) is 0.250. The van der Waals surface area contributed by atoms with E-state index in [0.717, 1.165) is 22.8 Å². The van der Waals surface area contributed by atoms with E-state index in [1.807, 2.05) is 54.6 Å². The number of ether oxygens (including phenoxy) is 2. The van der Waals surface area contributed by atoms with Gasteiger partial charge in [0.1, 0.15) is 16.5 Å². The smallest absolute Gasteiger partial charge is 0.247 e. The van der Waals surface area contributed by atoms with Gasteiger partial charge in [0.2, 0.25) is 10.0 Å². The summed E-state index contributed by atoms with van der Waals surface area (Å²) in [6.45, 7) is 0.803. The Morgan fingerprint density at radius 1 is 1.03 bits per heavy atom. The molecule has 5 nitrogen and oxygen atoms in total. The molecule has 0 bridgehead atoms. The highest BCUT2D eigenvalue weighted by molar-refractivity contribution is 7.89. The number of fused-ring (bicyclic) bond motifs is 1. The highest BCUT2D eigenvalue weighted by Gasteiger charge is 2.35. The van der Waals surface area contributed by atoms with Crippen LogP contribution in [0.25, 0.3) is 0 Å². The van der Waals surface area contributed by atoms with Crippen molar-refractivity contribution < 1.29 is 22.3 Å². The lowest BCUT2D eigenvalue weighted by Crippen LogP contribution is -2.45. The molecule has 7 heteroatoms. The minimum Gasteiger partial charge on any atom is -0.495 e. The van der Waals surface area contributed by atoms with Crippen molar-refractivity contribution in [1.82, 2.24) is 4.31 Å². The molecular formula is C24H24FNO4S. The second-order valence-electron chi connectivity index (χ2n) is 7.47. The van der Waals surface area contributed by atoms with E-state index in [-0.39, 0.29) is 23.8 Å². The van der Waals surface area contributed by atoms with Crippen LogP contribution in [0.4, 0.5) is 4.39 Å².